The molecule has 116 valence electrons. The second-order valence-corrected chi connectivity index (χ2v) is 6.02. The highest BCUT2D eigenvalue weighted by atomic mass is 16.4. The standard InChI is InChI=1S/C14H27N3O3/c1-4-17(11-5-6-11)10-9-15-13(20)16-14(2,3)8-7-12(18)19/h11H,4-10H2,1-3H3,(H,18,19)(H2,15,16,20). The van der Waals surface area contributed by atoms with Gasteiger partial charge < -0.3 is 15.7 Å². The van der Waals surface area contributed by atoms with E-state index in [1.54, 1.807) is 0 Å². The fourth-order valence-electron chi connectivity index (χ4n) is 2.19. The lowest BCUT2D eigenvalue weighted by molar-refractivity contribution is -0.137. The van der Waals surface area contributed by atoms with Crippen molar-refractivity contribution in [3.63, 3.8) is 0 Å². The molecular formula is C14H27N3O3. The van der Waals surface area contributed by atoms with Crippen LogP contribution in [0.25, 0.3) is 0 Å². The zero-order valence-electron chi connectivity index (χ0n) is 12.7. The van der Waals surface area contributed by atoms with E-state index in [1.165, 1.54) is 12.8 Å². The Morgan fingerprint density at radius 2 is 2.00 bits per heavy atom. The molecular weight excluding hydrogens is 258 g/mol. The zero-order valence-corrected chi connectivity index (χ0v) is 12.7. The van der Waals surface area contributed by atoms with E-state index in [1.807, 2.05) is 13.8 Å². The lowest BCUT2D eigenvalue weighted by atomic mass is 9.99. The van der Waals surface area contributed by atoms with Crippen LogP contribution >= 0.6 is 0 Å². The molecule has 1 rings (SSSR count). The Hall–Kier alpha value is -1.30. The van der Waals surface area contributed by atoms with Gasteiger partial charge in [0.05, 0.1) is 0 Å². The van der Waals surface area contributed by atoms with Gasteiger partial charge in [-0.2, -0.15) is 0 Å². The number of nitrogens with one attached hydrogen (secondary N) is 2. The van der Waals surface area contributed by atoms with Crippen molar-refractivity contribution in [3.05, 3.63) is 0 Å². The Morgan fingerprint density at radius 3 is 2.50 bits per heavy atom. The number of hydrogen-bond acceptors (Lipinski definition) is 3. The third-order valence-electron chi connectivity index (χ3n) is 3.57. The van der Waals surface area contributed by atoms with Crippen LogP contribution in [-0.4, -0.2) is 53.2 Å². The summed E-state index contributed by atoms with van der Waals surface area (Å²) in [6.45, 7) is 8.29. The Bertz CT molecular complexity index is 341. The molecule has 0 aromatic rings. The normalized spacial score (nSPS) is 15.2. The van der Waals surface area contributed by atoms with Gasteiger partial charge in [-0.1, -0.05) is 6.92 Å². The number of urea groups is 1. The number of aliphatic carboxylic acids is 1. The van der Waals surface area contributed by atoms with Gasteiger partial charge in [-0.05, 0) is 39.7 Å². The predicted octanol–water partition coefficient (Wildman–Crippen LogP) is 1.41. The quantitative estimate of drug-likeness (QED) is 0.598. The molecule has 0 aliphatic heterocycles. The van der Waals surface area contributed by atoms with Gasteiger partial charge in [0.15, 0.2) is 0 Å². The molecule has 0 heterocycles. The van der Waals surface area contributed by atoms with E-state index in [0.29, 0.717) is 19.0 Å². The van der Waals surface area contributed by atoms with Gasteiger partial charge >= 0.3 is 12.0 Å². The van der Waals surface area contributed by atoms with Crippen molar-refractivity contribution in [2.45, 2.75) is 58.0 Å². The summed E-state index contributed by atoms with van der Waals surface area (Å²) in [5, 5.41) is 14.3. The molecule has 0 bridgehead atoms. The largest absolute Gasteiger partial charge is 0.481 e. The average molecular weight is 285 g/mol. The Morgan fingerprint density at radius 1 is 1.35 bits per heavy atom. The third-order valence-corrected chi connectivity index (χ3v) is 3.57. The number of rotatable bonds is 9. The van der Waals surface area contributed by atoms with Crippen LogP contribution in [0.3, 0.4) is 0 Å². The monoisotopic (exact) mass is 285 g/mol. The molecule has 0 saturated heterocycles. The summed E-state index contributed by atoms with van der Waals surface area (Å²) >= 11 is 0. The second-order valence-electron chi connectivity index (χ2n) is 6.02. The van der Waals surface area contributed by atoms with E-state index >= 15 is 0 Å². The number of carbonyl (C=O) groups excluding carboxylic acids is 1. The summed E-state index contributed by atoms with van der Waals surface area (Å²) in [5.41, 5.74) is -0.511. The SMILES string of the molecule is CCN(CCNC(=O)NC(C)(C)CCC(=O)O)C1CC1. The van der Waals surface area contributed by atoms with Crippen LogP contribution < -0.4 is 10.6 Å². The first-order valence-corrected chi connectivity index (χ1v) is 7.36. The predicted molar refractivity (Wildman–Crippen MR) is 77.8 cm³/mol. The van der Waals surface area contributed by atoms with Crippen molar-refractivity contribution in [3.8, 4) is 0 Å². The number of carbonyl (C=O) groups is 2. The van der Waals surface area contributed by atoms with E-state index < -0.39 is 11.5 Å². The number of carboxylic acids is 1. The van der Waals surface area contributed by atoms with Crippen LogP contribution in [-0.2, 0) is 4.79 Å². The van der Waals surface area contributed by atoms with Gasteiger partial charge in [-0.15, -0.1) is 0 Å². The van der Waals surface area contributed by atoms with Crippen LogP contribution in [0.2, 0.25) is 0 Å². The lowest BCUT2D eigenvalue weighted by Crippen LogP contribution is -2.49. The zero-order chi connectivity index (χ0) is 15.2. The van der Waals surface area contributed by atoms with Crippen LogP contribution in [0, 0.1) is 0 Å². The molecule has 0 spiro atoms. The highest BCUT2D eigenvalue weighted by Crippen LogP contribution is 2.25. The average Bonchev–Trinajstić information content (AvgIpc) is 3.16. The minimum absolute atomic E-state index is 0.0541. The first-order valence-electron chi connectivity index (χ1n) is 7.36. The maximum Gasteiger partial charge on any atom is 0.315 e. The van der Waals surface area contributed by atoms with Crippen molar-refractivity contribution in [2.75, 3.05) is 19.6 Å². The Kier molecular flexibility index (Phi) is 6.26. The first-order chi connectivity index (χ1) is 9.34. The maximum atomic E-state index is 11.8. The van der Waals surface area contributed by atoms with E-state index in [0.717, 1.165) is 13.1 Å². The Labute approximate surface area is 120 Å². The van der Waals surface area contributed by atoms with E-state index in [9.17, 15) is 9.59 Å². The van der Waals surface area contributed by atoms with Gasteiger partial charge in [-0.3, -0.25) is 9.69 Å². The van der Waals surface area contributed by atoms with Gasteiger partial charge in [-0.25, -0.2) is 4.79 Å². The van der Waals surface area contributed by atoms with Crippen LogP contribution in [0.4, 0.5) is 4.79 Å². The molecule has 0 aromatic heterocycles. The number of nitrogens with zero attached hydrogens (tertiary/aromatic N) is 1. The third kappa shape index (κ3) is 6.75. The molecule has 20 heavy (non-hydrogen) atoms. The van der Waals surface area contributed by atoms with Crippen molar-refractivity contribution in [2.24, 2.45) is 0 Å². The highest BCUT2D eigenvalue weighted by molar-refractivity contribution is 5.74. The van der Waals surface area contributed by atoms with E-state index in [-0.39, 0.29) is 12.5 Å². The number of likely N-dealkylation sites (N-methyl/N-ethyl adjacent to an activating group) is 1. The minimum atomic E-state index is -0.844. The van der Waals surface area contributed by atoms with Crippen LogP contribution in [0.1, 0.15) is 46.5 Å². The molecule has 1 saturated carbocycles. The summed E-state index contributed by atoms with van der Waals surface area (Å²) < 4.78 is 0. The number of carboxylic acid groups (broad SMARTS) is 1. The fraction of sp³-hybridized carbons (Fsp3) is 0.857. The molecule has 0 aromatic carbocycles. The summed E-state index contributed by atoms with van der Waals surface area (Å²) in [4.78, 5) is 24.7. The van der Waals surface area contributed by atoms with Crippen molar-refractivity contribution in [1.82, 2.24) is 15.5 Å². The summed E-state index contributed by atoms with van der Waals surface area (Å²) in [5.74, 6) is -0.844. The fourth-order valence-corrected chi connectivity index (χ4v) is 2.19. The highest BCUT2D eigenvalue weighted by Gasteiger charge is 2.27. The molecule has 0 radical (unpaired) electrons. The summed E-state index contributed by atoms with van der Waals surface area (Å²) in [6.07, 6.45) is 3.00. The number of hydrogen-bond donors (Lipinski definition) is 3. The molecule has 3 N–H and O–H groups in total. The summed E-state index contributed by atoms with van der Waals surface area (Å²) in [7, 11) is 0. The van der Waals surface area contributed by atoms with Gasteiger partial charge in [0.25, 0.3) is 0 Å². The topological polar surface area (TPSA) is 81.7 Å². The van der Waals surface area contributed by atoms with Gasteiger partial charge in [0, 0.05) is 31.1 Å². The van der Waals surface area contributed by atoms with Crippen LogP contribution in [0.5, 0.6) is 0 Å². The molecule has 2 amide bonds. The van der Waals surface area contributed by atoms with Crippen molar-refractivity contribution >= 4 is 12.0 Å². The van der Waals surface area contributed by atoms with Crippen molar-refractivity contribution in [1.29, 1.82) is 0 Å². The lowest BCUT2D eigenvalue weighted by Gasteiger charge is -2.26. The molecule has 6 heteroatoms. The van der Waals surface area contributed by atoms with E-state index in [4.69, 9.17) is 5.11 Å². The molecule has 0 atom stereocenters. The first kappa shape index (κ1) is 16.8. The molecule has 1 aliphatic rings. The molecule has 6 nitrogen and oxygen atoms in total. The van der Waals surface area contributed by atoms with E-state index in [2.05, 4.69) is 22.5 Å². The van der Waals surface area contributed by atoms with Gasteiger partial charge in [0.2, 0.25) is 0 Å². The van der Waals surface area contributed by atoms with Crippen LogP contribution in [0.15, 0.2) is 0 Å². The Balaban J connectivity index is 2.19. The maximum absolute atomic E-state index is 11.8. The smallest absolute Gasteiger partial charge is 0.315 e. The second kappa shape index (κ2) is 7.47. The minimum Gasteiger partial charge on any atom is -0.481 e. The molecule has 1 fully saturated rings. The van der Waals surface area contributed by atoms with Gasteiger partial charge in [0.1, 0.15) is 0 Å². The van der Waals surface area contributed by atoms with Crippen molar-refractivity contribution < 1.29 is 14.7 Å². The number of amides is 2. The summed E-state index contributed by atoms with van der Waals surface area (Å²) in [6, 6.07) is 0.476. The molecule has 0 unspecified atom stereocenters. The molecule has 1 aliphatic carbocycles.